The largest absolute Gasteiger partial charge is 0.416 e. The number of carbonyl (C=O) groups excluding carboxylic acids is 1. The van der Waals surface area contributed by atoms with Crippen molar-refractivity contribution in [1.82, 2.24) is 20.6 Å². The zero-order chi connectivity index (χ0) is 21.9. The Labute approximate surface area is 170 Å². The number of nitrogens with one attached hydrogen (secondary N) is 4. The summed E-state index contributed by atoms with van der Waals surface area (Å²) >= 11 is 0. The fourth-order valence-electron chi connectivity index (χ4n) is 3.06. The van der Waals surface area contributed by atoms with Gasteiger partial charge in [-0.3, -0.25) is 0 Å². The first kappa shape index (κ1) is 21.4. The van der Waals surface area contributed by atoms with Crippen molar-refractivity contribution < 1.29 is 23.1 Å². The third-order valence-corrected chi connectivity index (χ3v) is 4.81. The molecule has 1 aromatic heterocycles. The molecule has 30 heavy (non-hydrogen) atoms. The van der Waals surface area contributed by atoms with E-state index in [2.05, 4.69) is 25.9 Å². The van der Waals surface area contributed by atoms with E-state index >= 15 is 0 Å². The number of aliphatic hydroxyl groups excluding tert-OH is 1. The van der Waals surface area contributed by atoms with Crippen molar-refractivity contribution in [1.29, 1.82) is 0 Å². The summed E-state index contributed by atoms with van der Waals surface area (Å²) in [6.45, 7) is 1.38. The van der Waals surface area contributed by atoms with Crippen molar-refractivity contribution in [3.05, 3.63) is 59.2 Å². The van der Waals surface area contributed by atoms with Gasteiger partial charge in [0, 0.05) is 13.6 Å². The van der Waals surface area contributed by atoms with Gasteiger partial charge in [0.05, 0.1) is 28.7 Å². The molecule has 0 aliphatic heterocycles. The van der Waals surface area contributed by atoms with E-state index in [0.29, 0.717) is 11.0 Å². The number of urea groups is 1. The number of hydrogen-bond donors (Lipinski definition) is 5. The molecule has 1 unspecified atom stereocenters. The lowest BCUT2D eigenvalue weighted by Crippen LogP contribution is -2.36. The molecule has 1 atom stereocenters. The van der Waals surface area contributed by atoms with Gasteiger partial charge in [-0.1, -0.05) is 24.3 Å². The Morgan fingerprint density at radius 1 is 1.17 bits per heavy atom. The summed E-state index contributed by atoms with van der Waals surface area (Å²) in [4.78, 5) is 18.9. The molecule has 2 amide bonds. The van der Waals surface area contributed by atoms with Crippen molar-refractivity contribution in [2.24, 2.45) is 0 Å². The average Bonchev–Trinajstić information content (AvgIpc) is 3.14. The van der Waals surface area contributed by atoms with Crippen LogP contribution in [-0.4, -0.2) is 34.8 Å². The van der Waals surface area contributed by atoms with Crippen molar-refractivity contribution in [3.8, 4) is 0 Å². The van der Waals surface area contributed by atoms with Crippen molar-refractivity contribution >= 4 is 23.0 Å². The standard InChI is InChI=1S/C20H22F3N5O2/c1-19(11-29,13-6-4-7-14(9-13)20(21,22)23)28-17-26-15-8-3-5-12(16(15)27-17)10-25-18(30)24-2/h3-9,29H,10-11H2,1-2H3,(H2,24,25,30)(H2,26,27,28). The van der Waals surface area contributed by atoms with Crippen LogP contribution in [0, 0.1) is 0 Å². The number of alkyl halides is 3. The number of anilines is 1. The van der Waals surface area contributed by atoms with Crippen LogP contribution < -0.4 is 16.0 Å². The number of para-hydroxylation sites is 1. The summed E-state index contributed by atoms with van der Waals surface area (Å²) in [6, 6.07) is 9.83. The fraction of sp³-hybridized carbons (Fsp3) is 0.300. The number of nitrogens with zero attached hydrogens (tertiary/aromatic N) is 1. The Kier molecular flexibility index (Phi) is 5.88. The molecule has 3 aromatic rings. The molecule has 0 bridgehead atoms. The minimum absolute atomic E-state index is 0.254. The molecule has 10 heteroatoms. The molecular weight excluding hydrogens is 399 g/mol. The number of fused-ring (bicyclic) bond motifs is 1. The van der Waals surface area contributed by atoms with Gasteiger partial charge in [-0.25, -0.2) is 9.78 Å². The van der Waals surface area contributed by atoms with E-state index in [9.17, 15) is 23.1 Å². The van der Waals surface area contributed by atoms with E-state index in [-0.39, 0.29) is 24.1 Å². The topological polar surface area (TPSA) is 102 Å². The Bertz CT molecular complexity index is 1050. The highest BCUT2D eigenvalue weighted by Crippen LogP contribution is 2.33. The summed E-state index contributed by atoms with van der Waals surface area (Å²) in [5, 5.41) is 18.1. The summed E-state index contributed by atoms with van der Waals surface area (Å²) in [5.41, 5.74) is 0.311. The SMILES string of the molecule is CNC(=O)NCc1cccc2nc(NC(C)(CO)c3cccc(C(F)(F)F)c3)[nH]c12. The van der Waals surface area contributed by atoms with E-state index in [0.717, 1.165) is 17.7 Å². The third-order valence-electron chi connectivity index (χ3n) is 4.81. The summed E-state index contributed by atoms with van der Waals surface area (Å²) < 4.78 is 39.3. The van der Waals surface area contributed by atoms with Crippen molar-refractivity contribution in [3.63, 3.8) is 0 Å². The van der Waals surface area contributed by atoms with E-state index in [1.54, 1.807) is 19.1 Å². The molecule has 0 fully saturated rings. The third kappa shape index (κ3) is 4.48. The van der Waals surface area contributed by atoms with Crippen LogP contribution in [0.3, 0.4) is 0 Å². The van der Waals surface area contributed by atoms with Crippen molar-refractivity contribution in [2.45, 2.75) is 25.2 Å². The lowest BCUT2D eigenvalue weighted by atomic mass is 9.91. The number of aromatic nitrogens is 2. The Morgan fingerprint density at radius 3 is 2.53 bits per heavy atom. The van der Waals surface area contributed by atoms with Gasteiger partial charge in [-0.05, 0) is 36.2 Å². The first-order valence-corrected chi connectivity index (χ1v) is 9.16. The number of benzene rings is 2. The van der Waals surface area contributed by atoms with E-state index < -0.39 is 23.9 Å². The van der Waals surface area contributed by atoms with Crippen molar-refractivity contribution in [2.75, 3.05) is 19.0 Å². The summed E-state index contributed by atoms with van der Waals surface area (Å²) in [6.07, 6.45) is -4.49. The smallest absolute Gasteiger partial charge is 0.394 e. The number of rotatable bonds is 6. The second-order valence-corrected chi connectivity index (χ2v) is 7.02. The van der Waals surface area contributed by atoms with Gasteiger partial charge in [0.2, 0.25) is 5.95 Å². The predicted molar refractivity (Wildman–Crippen MR) is 107 cm³/mol. The number of aliphatic hydroxyl groups is 1. The maximum absolute atomic E-state index is 13.1. The fourth-order valence-corrected chi connectivity index (χ4v) is 3.06. The zero-order valence-electron chi connectivity index (χ0n) is 16.4. The number of imidazole rings is 1. The molecule has 0 spiro atoms. The highest BCUT2D eigenvalue weighted by Gasteiger charge is 2.33. The number of halogens is 3. The molecule has 0 aliphatic rings. The van der Waals surface area contributed by atoms with Crippen LogP contribution in [0.2, 0.25) is 0 Å². The van der Waals surface area contributed by atoms with Crippen LogP contribution in [0.1, 0.15) is 23.6 Å². The molecule has 3 rings (SSSR count). The maximum Gasteiger partial charge on any atom is 0.416 e. The first-order valence-electron chi connectivity index (χ1n) is 9.16. The normalized spacial score (nSPS) is 13.7. The van der Waals surface area contributed by atoms with Crippen LogP contribution >= 0.6 is 0 Å². The van der Waals surface area contributed by atoms with Crippen LogP contribution in [-0.2, 0) is 18.3 Å². The van der Waals surface area contributed by atoms with Gasteiger partial charge in [0.25, 0.3) is 0 Å². The molecule has 7 nitrogen and oxygen atoms in total. The maximum atomic E-state index is 13.1. The second kappa shape index (κ2) is 8.23. The van der Waals surface area contributed by atoms with E-state index in [1.807, 2.05) is 6.07 Å². The summed E-state index contributed by atoms with van der Waals surface area (Å²) in [5.74, 6) is 0.284. The molecule has 160 valence electrons. The molecule has 1 heterocycles. The lowest BCUT2D eigenvalue weighted by molar-refractivity contribution is -0.137. The van der Waals surface area contributed by atoms with Gasteiger partial charge in [-0.15, -0.1) is 0 Å². The predicted octanol–water partition coefficient (Wildman–Crippen LogP) is 3.33. The second-order valence-electron chi connectivity index (χ2n) is 7.02. The van der Waals surface area contributed by atoms with E-state index in [4.69, 9.17) is 0 Å². The van der Waals surface area contributed by atoms with Crippen LogP contribution in [0.4, 0.5) is 23.9 Å². The van der Waals surface area contributed by atoms with Crippen LogP contribution in [0.15, 0.2) is 42.5 Å². The van der Waals surface area contributed by atoms with Gasteiger partial charge in [-0.2, -0.15) is 13.2 Å². The molecular formula is C20H22F3N5O2. The number of hydrogen-bond acceptors (Lipinski definition) is 4. The number of H-pyrrole nitrogens is 1. The van der Waals surface area contributed by atoms with Crippen LogP contribution in [0.25, 0.3) is 11.0 Å². The Hall–Kier alpha value is -3.27. The monoisotopic (exact) mass is 421 g/mol. The quantitative estimate of drug-likeness (QED) is 0.421. The minimum atomic E-state index is -4.49. The summed E-state index contributed by atoms with van der Waals surface area (Å²) in [7, 11) is 1.51. The average molecular weight is 421 g/mol. The molecule has 0 saturated heterocycles. The molecule has 0 saturated carbocycles. The molecule has 0 aliphatic carbocycles. The highest BCUT2D eigenvalue weighted by molar-refractivity contribution is 5.82. The first-order chi connectivity index (χ1) is 14.2. The highest BCUT2D eigenvalue weighted by atomic mass is 19.4. The number of carbonyl (C=O) groups is 1. The van der Waals surface area contributed by atoms with Gasteiger partial charge >= 0.3 is 12.2 Å². The molecule has 2 aromatic carbocycles. The number of aromatic amines is 1. The Balaban J connectivity index is 1.91. The minimum Gasteiger partial charge on any atom is -0.394 e. The number of amides is 2. The van der Waals surface area contributed by atoms with E-state index in [1.165, 1.54) is 19.2 Å². The van der Waals surface area contributed by atoms with Crippen LogP contribution in [0.5, 0.6) is 0 Å². The Morgan fingerprint density at radius 2 is 1.87 bits per heavy atom. The van der Waals surface area contributed by atoms with Gasteiger partial charge in [0.1, 0.15) is 0 Å². The van der Waals surface area contributed by atoms with Gasteiger partial charge in [0.15, 0.2) is 0 Å². The molecule has 5 N–H and O–H groups in total. The lowest BCUT2D eigenvalue weighted by Gasteiger charge is -2.29. The zero-order valence-corrected chi connectivity index (χ0v) is 16.4. The molecule has 0 radical (unpaired) electrons. The van der Waals surface area contributed by atoms with Gasteiger partial charge < -0.3 is 26.0 Å².